The highest BCUT2D eigenvalue weighted by molar-refractivity contribution is 14.0. The zero-order valence-electron chi connectivity index (χ0n) is 17.9. The molecule has 6 nitrogen and oxygen atoms in total. The van der Waals surface area contributed by atoms with Crippen molar-refractivity contribution in [2.75, 3.05) is 53.0 Å². The number of hydrogen-bond acceptors (Lipinski definition) is 4. The van der Waals surface area contributed by atoms with E-state index in [0.717, 1.165) is 63.8 Å². The fourth-order valence-electron chi connectivity index (χ4n) is 4.20. The Balaban J connectivity index is 0.00000300. The molecule has 0 bridgehead atoms. The monoisotopic (exact) mass is 516 g/mol. The third kappa shape index (κ3) is 7.00. The van der Waals surface area contributed by atoms with Gasteiger partial charge in [-0.2, -0.15) is 0 Å². The van der Waals surface area contributed by atoms with E-state index >= 15 is 0 Å². The molecular formula is C22H37IN4O2. The van der Waals surface area contributed by atoms with Gasteiger partial charge in [0.1, 0.15) is 5.75 Å². The Kier molecular flexibility index (Phi) is 10.5. The number of aliphatic imine (C=N–C) groups is 1. The van der Waals surface area contributed by atoms with Crippen LogP contribution in [0.25, 0.3) is 0 Å². The van der Waals surface area contributed by atoms with Crippen LogP contribution in [0, 0.1) is 0 Å². The van der Waals surface area contributed by atoms with Crippen molar-refractivity contribution in [2.24, 2.45) is 4.99 Å². The third-order valence-electron chi connectivity index (χ3n) is 5.94. The number of methoxy groups -OCH3 is 1. The summed E-state index contributed by atoms with van der Waals surface area (Å²) in [7, 11) is 1.70. The summed E-state index contributed by atoms with van der Waals surface area (Å²) in [5, 5.41) is 6.91. The maximum Gasteiger partial charge on any atom is 0.191 e. The van der Waals surface area contributed by atoms with E-state index < -0.39 is 0 Å². The Hall–Kier alpha value is -1.06. The van der Waals surface area contributed by atoms with Crippen LogP contribution in [-0.2, 0) is 11.2 Å². The molecule has 0 saturated carbocycles. The predicted molar refractivity (Wildman–Crippen MR) is 130 cm³/mol. The second-order valence-electron chi connectivity index (χ2n) is 7.75. The molecule has 29 heavy (non-hydrogen) atoms. The van der Waals surface area contributed by atoms with Gasteiger partial charge in [0, 0.05) is 31.8 Å². The van der Waals surface area contributed by atoms with Crippen molar-refractivity contribution in [2.45, 2.75) is 44.6 Å². The van der Waals surface area contributed by atoms with Gasteiger partial charge in [-0.25, -0.2) is 0 Å². The van der Waals surface area contributed by atoms with Gasteiger partial charge in [-0.15, -0.1) is 24.0 Å². The Morgan fingerprint density at radius 3 is 2.45 bits per heavy atom. The summed E-state index contributed by atoms with van der Waals surface area (Å²) < 4.78 is 10.9. The van der Waals surface area contributed by atoms with E-state index in [2.05, 4.69) is 34.6 Å². The highest BCUT2D eigenvalue weighted by atomic mass is 127. The van der Waals surface area contributed by atoms with Crippen molar-refractivity contribution in [3.05, 3.63) is 29.8 Å². The number of guanidine groups is 1. The van der Waals surface area contributed by atoms with Crippen molar-refractivity contribution in [3.8, 4) is 5.75 Å². The Bertz CT molecular complexity index is 612. The first kappa shape index (κ1) is 24.2. The first-order valence-electron chi connectivity index (χ1n) is 10.7. The summed E-state index contributed by atoms with van der Waals surface area (Å²) in [5.41, 5.74) is 1.47. The average molecular weight is 516 g/mol. The topological polar surface area (TPSA) is 58.1 Å². The maximum atomic E-state index is 5.65. The van der Waals surface area contributed by atoms with Crippen LogP contribution in [0.5, 0.6) is 5.75 Å². The van der Waals surface area contributed by atoms with E-state index in [1.165, 1.54) is 31.5 Å². The van der Waals surface area contributed by atoms with E-state index in [1.54, 1.807) is 7.11 Å². The van der Waals surface area contributed by atoms with E-state index in [-0.39, 0.29) is 29.5 Å². The van der Waals surface area contributed by atoms with Crippen LogP contribution in [0.4, 0.5) is 0 Å². The van der Waals surface area contributed by atoms with Crippen LogP contribution in [0.3, 0.4) is 0 Å². The summed E-state index contributed by atoms with van der Waals surface area (Å²) >= 11 is 0. The molecule has 2 aliphatic heterocycles. The molecule has 2 N–H and O–H groups in total. The van der Waals surface area contributed by atoms with Gasteiger partial charge in [-0.3, -0.25) is 9.89 Å². The van der Waals surface area contributed by atoms with Crippen LogP contribution in [-0.4, -0.2) is 69.4 Å². The van der Waals surface area contributed by atoms with Crippen molar-refractivity contribution < 1.29 is 9.47 Å². The molecule has 7 heteroatoms. The summed E-state index contributed by atoms with van der Waals surface area (Å²) in [6.45, 7) is 8.81. The lowest BCUT2D eigenvalue weighted by atomic mass is 9.88. The fourth-order valence-corrected chi connectivity index (χ4v) is 4.20. The minimum absolute atomic E-state index is 0. The Morgan fingerprint density at radius 2 is 1.83 bits per heavy atom. The lowest BCUT2D eigenvalue weighted by Gasteiger charge is -2.43. The van der Waals surface area contributed by atoms with Gasteiger partial charge in [-0.1, -0.05) is 12.1 Å². The number of likely N-dealkylation sites (tertiary alicyclic amines) is 1. The molecule has 2 heterocycles. The number of halogens is 1. The van der Waals surface area contributed by atoms with E-state index in [9.17, 15) is 0 Å². The highest BCUT2D eigenvalue weighted by Crippen LogP contribution is 2.31. The molecule has 3 rings (SSSR count). The quantitative estimate of drug-likeness (QED) is 0.316. The number of nitrogens with zero attached hydrogens (tertiary/aromatic N) is 2. The second kappa shape index (κ2) is 12.6. The molecule has 2 aliphatic rings. The van der Waals surface area contributed by atoms with Crippen molar-refractivity contribution in [1.29, 1.82) is 0 Å². The first-order valence-corrected chi connectivity index (χ1v) is 10.7. The molecular weight excluding hydrogens is 479 g/mol. The molecule has 1 aromatic carbocycles. The number of benzene rings is 1. The molecule has 2 fully saturated rings. The van der Waals surface area contributed by atoms with Gasteiger partial charge in [0.2, 0.25) is 0 Å². The average Bonchev–Trinajstić information content (AvgIpc) is 3.29. The second-order valence-corrected chi connectivity index (χ2v) is 7.75. The van der Waals surface area contributed by atoms with Gasteiger partial charge < -0.3 is 20.1 Å². The van der Waals surface area contributed by atoms with Crippen molar-refractivity contribution >= 4 is 29.9 Å². The predicted octanol–water partition coefficient (Wildman–Crippen LogP) is 3.06. The first-order chi connectivity index (χ1) is 13.8. The minimum atomic E-state index is 0. The molecule has 0 aromatic heterocycles. The summed E-state index contributed by atoms with van der Waals surface area (Å²) in [6, 6.07) is 8.27. The zero-order chi connectivity index (χ0) is 19.7. The van der Waals surface area contributed by atoms with Crippen LogP contribution in [0.2, 0.25) is 0 Å². The number of rotatable bonds is 8. The molecule has 0 spiro atoms. The lowest BCUT2D eigenvalue weighted by molar-refractivity contribution is -0.0139. The molecule has 0 radical (unpaired) electrons. The normalized spacial score (nSPS) is 19.4. The SMILES string of the molecule is CCNC(=NCC1(N2CCCC2)CCOCC1)NCCc1ccc(OC)cc1.I. The van der Waals surface area contributed by atoms with Gasteiger partial charge in [0.25, 0.3) is 0 Å². The van der Waals surface area contributed by atoms with E-state index in [0.29, 0.717) is 0 Å². The van der Waals surface area contributed by atoms with Crippen molar-refractivity contribution in [3.63, 3.8) is 0 Å². The Labute approximate surface area is 192 Å². The third-order valence-corrected chi connectivity index (χ3v) is 5.94. The van der Waals surface area contributed by atoms with Gasteiger partial charge >= 0.3 is 0 Å². The number of hydrogen-bond donors (Lipinski definition) is 2. The fraction of sp³-hybridized carbons (Fsp3) is 0.682. The zero-order valence-corrected chi connectivity index (χ0v) is 20.2. The Morgan fingerprint density at radius 1 is 1.14 bits per heavy atom. The summed E-state index contributed by atoms with van der Waals surface area (Å²) in [5.74, 6) is 1.82. The van der Waals surface area contributed by atoms with Gasteiger partial charge in [-0.05, 0) is 69.8 Å². The molecule has 0 aliphatic carbocycles. The van der Waals surface area contributed by atoms with Crippen LogP contribution >= 0.6 is 24.0 Å². The van der Waals surface area contributed by atoms with Crippen LogP contribution < -0.4 is 15.4 Å². The molecule has 0 amide bonds. The molecule has 1 aromatic rings. The van der Waals surface area contributed by atoms with E-state index in [4.69, 9.17) is 14.5 Å². The van der Waals surface area contributed by atoms with Crippen LogP contribution in [0.1, 0.15) is 38.2 Å². The highest BCUT2D eigenvalue weighted by Gasteiger charge is 2.39. The molecule has 164 valence electrons. The van der Waals surface area contributed by atoms with Gasteiger partial charge in [0.15, 0.2) is 5.96 Å². The maximum absolute atomic E-state index is 5.65. The summed E-state index contributed by atoms with van der Waals surface area (Å²) in [4.78, 5) is 7.66. The molecule has 2 saturated heterocycles. The largest absolute Gasteiger partial charge is 0.497 e. The van der Waals surface area contributed by atoms with E-state index in [1.807, 2.05) is 12.1 Å². The standard InChI is InChI=1S/C22H36N4O2.HI/c1-3-23-21(24-13-10-19-6-8-20(27-2)9-7-19)25-18-22(11-16-28-17-12-22)26-14-4-5-15-26;/h6-9H,3-5,10-18H2,1-2H3,(H2,23,24,25);1H. The molecule has 0 atom stereocenters. The lowest BCUT2D eigenvalue weighted by Crippen LogP contribution is -2.54. The summed E-state index contributed by atoms with van der Waals surface area (Å²) in [6.07, 6.45) is 5.75. The minimum Gasteiger partial charge on any atom is -0.497 e. The van der Waals surface area contributed by atoms with Gasteiger partial charge in [0.05, 0.1) is 13.7 Å². The molecule has 0 unspecified atom stereocenters. The smallest absolute Gasteiger partial charge is 0.191 e. The van der Waals surface area contributed by atoms with Crippen molar-refractivity contribution in [1.82, 2.24) is 15.5 Å². The number of ether oxygens (including phenoxy) is 2. The van der Waals surface area contributed by atoms with Crippen LogP contribution in [0.15, 0.2) is 29.3 Å². The number of nitrogens with one attached hydrogen (secondary N) is 2.